The molecule has 270 valence electrons. The molecule has 0 saturated carbocycles. The quantitative estimate of drug-likeness (QED) is 0.174. The molecule has 0 aliphatic carbocycles. The van der Waals surface area contributed by atoms with Gasteiger partial charge < -0.3 is 14.5 Å². The van der Waals surface area contributed by atoms with Crippen LogP contribution in [0.5, 0.6) is 0 Å². The standard InChI is InChI=1S/C53H43N3/c1-53(2,3)35-36-23-32-52-47(33-36)46-18-7-11-22-51(46)56(52)48-19-8-4-15-43(48)38-26-30-41(31-27-38)54-40-28-24-37(25-29-40)39-13-12-14-42(34-39)55-49-20-9-5-16-44(49)45-17-6-10-21-50(45)55/h4-34,54H,35H2,1-3H3. The number of fused-ring (bicyclic) bond motifs is 6. The van der Waals surface area contributed by atoms with Gasteiger partial charge in [-0.05, 0) is 107 Å². The van der Waals surface area contributed by atoms with Crippen molar-refractivity contribution in [2.24, 2.45) is 5.41 Å². The van der Waals surface area contributed by atoms with Crippen molar-refractivity contribution in [1.29, 1.82) is 0 Å². The smallest absolute Gasteiger partial charge is 0.0541 e. The van der Waals surface area contributed by atoms with E-state index in [0.717, 1.165) is 23.5 Å². The largest absolute Gasteiger partial charge is 0.356 e. The molecule has 56 heavy (non-hydrogen) atoms. The highest BCUT2D eigenvalue weighted by Gasteiger charge is 2.18. The minimum atomic E-state index is 0.228. The Morgan fingerprint density at radius 1 is 0.411 bits per heavy atom. The van der Waals surface area contributed by atoms with Gasteiger partial charge in [-0.25, -0.2) is 0 Å². The molecule has 0 unspecified atom stereocenters. The van der Waals surface area contributed by atoms with E-state index in [9.17, 15) is 0 Å². The first-order chi connectivity index (χ1) is 27.4. The molecule has 0 aliphatic heterocycles. The van der Waals surface area contributed by atoms with Crippen LogP contribution < -0.4 is 5.32 Å². The van der Waals surface area contributed by atoms with Crippen molar-refractivity contribution in [1.82, 2.24) is 9.13 Å². The number of nitrogens with zero attached hydrogens (tertiary/aromatic N) is 2. The maximum Gasteiger partial charge on any atom is 0.0541 e. The highest BCUT2D eigenvalue weighted by atomic mass is 15.0. The van der Waals surface area contributed by atoms with Crippen LogP contribution in [-0.4, -0.2) is 9.13 Å². The second-order valence-corrected chi connectivity index (χ2v) is 16.2. The Kier molecular flexibility index (Phi) is 8.11. The van der Waals surface area contributed by atoms with E-state index in [-0.39, 0.29) is 5.41 Å². The number of hydrogen-bond donors (Lipinski definition) is 1. The molecule has 0 amide bonds. The molecular formula is C53H43N3. The average molecular weight is 722 g/mol. The fraction of sp³-hybridized carbons (Fsp3) is 0.0943. The van der Waals surface area contributed by atoms with E-state index in [1.807, 2.05) is 0 Å². The van der Waals surface area contributed by atoms with E-state index in [0.29, 0.717) is 0 Å². The predicted molar refractivity (Wildman–Crippen MR) is 239 cm³/mol. The van der Waals surface area contributed by atoms with Crippen LogP contribution in [0.1, 0.15) is 26.3 Å². The van der Waals surface area contributed by atoms with Crippen LogP contribution in [0.3, 0.4) is 0 Å². The van der Waals surface area contributed by atoms with Crippen LogP contribution in [0.25, 0.3) is 77.2 Å². The molecule has 2 heterocycles. The van der Waals surface area contributed by atoms with Crippen molar-refractivity contribution in [3.05, 3.63) is 194 Å². The molecule has 1 N–H and O–H groups in total. The molecule has 0 aliphatic rings. The predicted octanol–water partition coefficient (Wildman–Crippen LogP) is 14.5. The third kappa shape index (κ3) is 6.02. The van der Waals surface area contributed by atoms with Gasteiger partial charge in [-0.15, -0.1) is 0 Å². The van der Waals surface area contributed by atoms with Crippen molar-refractivity contribution in [3.63, 3.8) is 0 Å². The summed E-state index contributed by atoms with van der Waals surface area (Å²) in [5, 5.41) is 8.77. The summed E-state index contributed by atoms with van der Waals surface area (Å²) >= 11 is 0. The summed E-state index contributed by atoms with van der Waals surface area (Å²) in [5.74, 6) is 0. The Morgan fingerprint density at radius 2 is 0.946 bits per heavy atom. The average Bonchev–Trinajstić information content (AvgIpc) is 3.74. The molecule has 3 heteroatoms. The minimum absolute atomic E-state index is 0.228. The van der Waals surface area contributed by atoms with Gasteiger partial charge in [0.25, 0.3) is 0 Å². The first kappa shape index (κ1) is 33.7. The molecule has 8 aromatic carbocycles. The van der Waals surface area contributed by atoms with E-state index in [2.05, 4.69) is 223 Å². The highest BCUT2D eigenvalue weighted by molar-refractivity contribution is 6.10. The molecule has 0 fully saturated rings. The van der Waals surface area contributed by atoms with Gasteiger partial charge in [0, 0.05) is 44.2 Å². The van der Waals surface area contributed by atoms with Gasteiger partial charge in [0.1, 0.15) is 0 Å². The van der Waals surface area contributed by atoms with Gasteiger partial charge in [-0.2, -0.15) is 0 Å². The molecule has 0 bridgehead atoms. The monoisotopic (exact) mass is 721 g/mol. The van der Waals surface area contributed by atoms with Crippen LogP contribution in [0.2, 0.25) is 0 Å². The van der Waals surface area contributed by atoms with Gasteiger partial charge in [0.05, 0.1) is 27.8 Å². The van der Waals surface area contributed by atoms with Crippen molar-refractivity contribution in [2.45, 2.75) is 27.2 Å². The van der Waals surface area contributed by atoms with E-state index in [1.54, 1.807) is 0 Å². The zero-order chi connectivity index (χ0) is 37.8. The van der Waals surface area contributed by atoms with E-state index in [4.69, 9.17) is 0 Å². The highest BCUT2D eigenvalue weighted by Crippen LogP contribution is 2.38. The van der Waals surface area contributed by atoms with E-state index < -0.39 is 0 Å². The lowest BCUT2D eigenvalue weighted by atomic mass is 9.88. The van der Waals surface area contributed by atoms with Crippen molar-refractivity contribution in [3.8, 4) is 33.6 Å². The number of hydrogen-bond acceptors (Lipinski definition) is 1. The van der Waals surface area contributed by atoms with Crippen LogP contribution in [0.4, 0.5) is 11.4 Å². The van der Waals surface area contributed by atoms with Gasteiger partial charge in [0.2, 0.25) is 0 Å². The lowest BCUT2D eigenvalue weighted by Crippen LogP contribution is -2.08. The Morgan fingerprint density at radius 3 is 1.59 bits per heavy atom. The molecule has 2 aromatic heterocycles. The summed E-state index contributed by atoms with van der Waals surface area (Å²) in [6.07, 6.45) is 1.04. The Hall–Kier alpha value is -6.84. The third-order valence-corrected chi connectivity index (χ3v) is 11.0. The molecular weight excluding hydrogens is 679 g/mol. The Bertz CT molecular complexity index is 2990. The topological polar surface area (TPSA) is 21.9 Å². The maximum absolute atomic E-state index is 3.64. The first-order valence-corrected chi connectivity index (χ1v) is 19.6. The summed E-state index contributed by atoms with van der Waals surface area (Å²) in [6, 6.07) is 68.3. The second kappa shape index (κ2) is 13.5. The number of benzene rings is 8. The first-order valence-electron chi connectivity index (χ1n) is 19.6. The Balaban J connectivity index is 0.924. The lowest BCUT2D eigenvalue weighted by molar-refractivity contribution is 0.411. The van der Waals surface area contributed by atoms with Crippen LogP contribution in [0.15, 0.2) is 188 Å². The van der Waals surface area contributed by atoms with E-state index in [1.165, 1.54) is 77.1 Å². The number of para-hydroxylation sites is 4. The third-order valence-electron chi connectivity index (χ3n) is 11.0. The molecule has 0 radical (unpaired) electrons. The second-order valence-electron chi connectivity index (χ2n) is 16.2. The maximum atomic E-state index is 3.64. The number of anilines is 2. The summed E-state index contributed by atoms with van der Waals surface area (Å²) in [7, 11) is 0. The van der Waals surface area contributed by atoms with Gasteiger partial charge in [-0.3, -0.25) is 0 Å². The van der Waals surface area contributed by atoms with Crippen LogP contribution in [-0.2, 0) is 6.42 Å². The molecule has 10 rings (SSSR count). The minimum Gasteiger partial charge on any atom is -0.356 e. The normalized spacial score (nSPS) is 11.9. The molecule has 0 spiro atoms. The molecule has 0 saturated heterocycles. The Labute approximate surface area is 328 Å². The van der Waals surface area contributed by atoms with Gasteiger partial charge in [-0.1, -0.05) is 136 Å². The molecule has 10 aromatic rings. The zero-order valence-corrected chi connectivity index (χ0v) is 32.0. The lowest BCUT2D eigenvalue weighted by Gasteiger charge is -2.18. The van der Waals surface area contributed by atoms with Crippen molar-refractivity contribution < 1.29 is 0 Å². The van der Waals surface area contributed by atoms with Crippen LogP contribution >= 0.6 is 0 Å². The number of aromatic nitrogens is 2. The van der Waals surface area contributed by atoms with E-state index >= 15 is 0 Å². The summed E-state index contributed by atoms with van der Waals surface area (Å²) in [4.78, 5) is 0. The number of rotatable bonds is 7. The van der Waals surface area contributed by atoms with Crippen LogP contribution in [0, 0.1) is 5.41 Å². The summed E-state index contributed by atoms with van der Waals surface area (Å²) < 4.78 is 4.81. The molecule has 0 atom stereocenters. The zero-order valence-electron chi connectivity index (χ0n) is 32.0. The van der Waals surface area contributed by atoms with Gasteiger partial charge in [0.15, 0.2) is 0 Å². The van der Waals surface area contributed by atoms with Gasteiger partial charge >= 0.3 is 0 Å². The summed E-state index contributed by atoms with van der Waals surface area (Å²) in [6.45, 7) is 6.92. The van der Waals surface area contributed by atoms with Crippen molar-refractivity contribution in [2.75, 3.05) is 5.32 Å². The SMILES string of the molecule is CC(C)(C)Cc1ccc2c(c1)c1ccccc1n2-c1ccccc1-c1ccc(Nc2ccc(-c3cccc(-n4c5ccccc5c5ccccc54)c3)cc2)cc1. The number of nitrogens with one attached hydrogen (secondary N) is 1. The molecule has 3 nitrogen and oxygen atoms in total. The van der Waals surface area contributed by atoms with Crippen molar-refractivity contribution >= 4 is 55.0 Å². The fourth-order valence-electron chi connectivity index (χ4n) is 8.59. The fourth-order valence-corrected chi connectivity index (χ4v) is 8.59. The summed E-state index contributed by atoms with van der Waals surface area (Å²) in [5.41, 5.74) is 15.7.